The minimum absolute atomic E-state index is 0.159. The highest BCUT2D eigenvalue weighted by Crippen LogP contribution is 2.14. The molecule has 18 heavy (non-hydrogen) atoms. The van der Waals surface area contributed by atoms with Crippen molar-refractivity contribution in [3.63, 3.8) is 0 Å². The Morgan fingerprint density at radius 2 is 2.17 bits per heavy atom. The summed E-state index contributed by atoms with van der Waals surface area (Å²) in [5, 5.41) is 2.81. The molecule has 0 unspecified atom stereocenters. The van der Waals surface area contributed by atoms with Crippen LogP contribution in [0, 0.1) is 6.92 Å². The predicted octanol–water partition coefficient (Wildman–Crippen LogP) is 2.27. The van der Waals surface area contributed by atoms with Gasteiger partial charge in [-0.05, 0) is 30.7 Å². The molecule has 1 amide bonds. The molecule has 0 aliphatic rings. The van der Waals surface area contributed by atoms with Crippen molar-refractivity contribution in [2.24, 2.45) is 0 Å². The number of amides is 1. The fourth-order valence-corrected chi connectivity index (χ4v) is 1.49. The van der Waals surface area contributed by atoms with Crippen LogP contribution in [0.2, 0.25) is 5.15 Å². The molecular formula is C12H11ClN4O. The molecule has 0 aliphatic heterocycles. The average molecular weight is 263 g/mol. The topological polar surface area (TPSA) is 80.9 Å². The standard InChI is InChI=1S/C12H11ClN4O/c1-7-2-3-8(6-9(7)14)11(18)17-12-15-5-4-10(13)16-12/h2-6H,14H2,1H3,(H,15,16,17,18). The van der Waals surface area contributed by atoms with Crippen molar-refractivity contribution in [1.82, 2.24) is 9.97 Å². The molecule has 0 fully saturated rings. The molecule has 0 atom stereocenters. The average Bonchev–Trinajstić information content (AvgIpc) is 2.32. The highest BCUT2D eigenvalue weighted by atomic mass is 35.5. The monoisotopic (exact) mass is 262 g/mol. The highest BCUT2D eigenvalue weighted by Gasteiger charge is 2.09. The van der Waals surface area contributed by atoms with E-state index in [1.54, 1.807) is 18.2 Å². The lowest BCUT2D eigenvalue weighted by atomic mass is 10.1. The highest BCUT2D eigenvalue weighted by molar-refractivity contribution is 6.29. The first-order chi connectivity index (χ1) is 8.56. The van der Waals surface area contributed by atoms with Crippen LogP contribution in [0.5, 0.6) is 0 Å². The normalized spacial score (nSPS) is 10.1. The van der Waals surface area contributed by atoms with Crippen molar-refractivity contribution in [2.45, 2.75) is 6.92 Å². The minimum Gasteiger partial charge on any atom is -0.398 e. The second-order valence-electron chi connectivity index (χ2n) is 3.73. The molecule has 0 saturated heterocycles. The fourth-order valence-electron chi connectivity index (χ4n) is 1.35. The number of nitrogen functional groups attached to an aromatic ring is 1. The van der Waals surface area contributed by atoms with Crippen molar-refractivity contribution in [3.8, 4) is 0 Å². The van der Waals surface area contributed by atoms with Crippen LogP contribution in [-0.2, 0) is 0 Å². The zero-order valence-electron chi connectivity index (χ0n) is 9.64. The molecule has 0 spiro atoms. The maximum Gasteiger partial charge on any atom is 0.258 e. The lowest BCUT2D eigenvalue weighted by Crippen LogP contribution is -2.14. The number of halogens is 1. The molecule has 0 radical (unpaired) electrons. The first-order valence-electron chi connectivity index (χ1n) is 5.22. The number of aryl methyl sites for hydroxylation is 1. The molecule has 2 aromatic rings. The van der Waals surface area contributed by atoms with Crippen LogP contribution in [0.4, 0.5) is 11.6 Å². The molecule has 2 rings (SSSR count). The Labute approximate surface area is 109 Å². The van der Waals surface area contributed by atoms with E-state index in [0.29, 0.717) is 11.3 Å². The number of carbonyl (C=O) groups is 1. The van der Waals surface area contributed by atoms with E-state index in [-0.39, 0.29) is 17.0 Å². The smallest absolute Gasteiger partial charge is 0.258 e. The SMILES string of the molecule is Cc1ccc(C(=O)Nc2nccc(Cl)n2)cc1N. The molecule has 1 heterocycles. The third-order valence-electron chi connectivity index (χ3n) is 2.39. The van der Waals surface area contributed by atoms with Crippen molar-refractivity contribution in [2.75, 3.05) is 11.1 Å². The molecule has 1 aromatic carbocycles. The summed E-state index contributed by atoms with van der Waals surface area (Å²) in [5.74, 6) is -0.171. The lowest BCUT2D eigenvalue weighted by molar-refractivity contribution is 0.102. The van der Waals surface area contributed by atoms with Crippen molar-refractivity contribution < 1.29 is 4.79 Å². The number of benzene rings is 1. The maximum atomic E-state index is 11.9. The van der Waals surface area contributed by atoms with Crippen molar-refractivity contribution >= 4 is 29.1 Å². The van der Waals surface area contributed by atoms with Crippen LogP contribution in [0.1, 0.15) is 15.9 Å². The van der Waals surface area contributed by atoms with E-state index in [4.69, 9.17) is 17.3 Å². The summed E-state index contributed by atoms with van der Waals surface area (Å²) in [6.07, 6.45) is 1.47. The van der Waals surface area contributed by atoms with E-state index in [2.05, 4.69) is 15.3 Å². The molecule has 1 aromatic heterocycles. The Kier molecular flexibility index (Phi) is 3.43. The molecular weight excluding hydrogens is 252 g/mol. The van der Waals surface area contributed by atoms with Crippen molar-refractivity contribution in [3.05, 3.63) is 46.7 Å². The minimum atomic E-state index is -0.330. The first-order valence-corrected chi connectivity index (χ1v) is 5.60. The Hall–Kier alpha value is -2.14. The molecule has 6 heteroatoms. The first kappa shape index (κ1) is 12.3. The van der Waals surface area contributed by atoms with Gasteiger partial charge in [0.25, 0.3) is 5.91 Å². The number of rotatable bonds is 2. The number of aromatic nitrogens is 2. The Bertz CT molecular complexity index is 600. The number of hydrogen-bond donors (Lipinski definition) is 2. The summed E-state index contributed by atoms with van der Waals surface area (Å²) in [7, 11) is 0. The largest absolute Gasteiger partial charge is 0.398 e. The number of nitrogens with two attached hydrogens (primary N) is 1. The number of hydrogen-bond acceptors (Lipinski definition) is 4. The van der Waals surface area contributed by atoms with Crippen LogP contribution in [0.15, 0.2) is 30.5 Å². The van der Waals surface area contributed by atoms with E-state index >= 15 is 0 Å². The van der Waals surface area contributed by atoms with Crippen LogP contribution in [0.3, 0.4) is 0 Å². The van der Waals surface area contributed by atoms with Gasteiger partial charge in [-0.15, -0.1) is 0 Å². The van der Waals surface area contributed by atoms with Crippen LogP contribution in [-0.4, -0.2) is 15.9 Å². The molecule has 0 saturated carbocycles. The molecule has 0 bridgehead atoms. The summed E-state index contributed by atoms with van der Waals surface area (Å²) >= 11 is 5.70. The van der Waals surface area contributed by atoms with E-state index in [0.717, 1.165) is 5.56 Å². The molecule has 3 N–H and O–H groups in total. The Balaban J connectivity index is 2.19. The third-order valence-corrected chi connectivity index (χ3v) is 2.60. The van der Waals surface area contributed by atoms with E-state index < -0.39 is 0 Å². The van der Waals surface area contributed by atoms with Crippen LogP contribution in [0.25, 0.3) is 0 Å². The summed E-state index contributed by atoms with van der Waals surface area (Å²) in [4.78, 5) is 19.7. The second kappa shape index (κ2) is 5.01. The fraction of sp³-hybridized carbons (Fsp3) is 0.0833. The van der Waals surface area contributed by atoms with Gasteiger partial charge in [-0.2, -0.15) is 0 Å². The zero-order valence-corrected chi connectivity index (χ0v) is 10.4. The van der Waals surface area contributed by atoms with E-state index in [1.807, 2.05) is 6.92 Å². The molecule has 0 aliphatic carbocycles. The van der Waals surface area contributed by atoms with Crippen molar-refractivity contribution in [1.29, 1.82) is 0 Å². The van der Waals surface area contributed by atoms with Gasteiger partial charge in [0.1, 0.15) is 5.15 Å². The Morgan fingerprint density at radius 1 is 1.39 bits per heavy atom. The molecule has 92 valence electrons. The van der Waals surface area contributed by atoms with Gasteiger partial charge in [-0.1, -0.05) is 17.7 Å². The number of carbonyl (C=O) groups excluding carboxylic acids is 1. The van der Waals surface area contributed by atoms with E-state index in [1.165, 1.54) is 12.3 Å². The summed E-state index contributed by atoms with van der Waals surface area (Å²) in [6, 6.07) is 6.60. The second-order valence-corrected chi connectivity index (χ2v) is 4.12. The van der Waals surface area contributed by atoms with Crippen LogP contribution >= 0.6 is 11.6 Å². The summed E-state index contributed by atoms with van der Waals surface area (Å²) < 4.78 is 0. The lowest BCUT2D eigenvalue weighted by Gasteiger charge is -2.05. The summed E-state index contributed by atoms with van der Waals surface area (Å²) in [5.41, 5.74) is 7.68. The Morgan fingerprint density at radius 3 is 2.83 bits per heavy atom. The van der Waals surface area contributed by atoms with Gasteiger partial charge in [0, 0.05) is 17.4 Å². The van der Waals surface area contributed by atoms with Crippen LogP contribution < -0.4 is 11.1 Å². The van der Waals surface area contributed by atoms with Gasteiger partial charge >= 0.3 is 0 Å². The summed E-state index contributed by atoms with van der Waals surface area (Å²) in [6.45, 7) is 1.87. The van der Waals surface area contributed by atoms with Gasteiger partial charge in [0.15, 0.2) is 0 Å². The van der Waals surface area contributed by atoms with E-state index in [9.17, 15) is 4.79 Å². The predicted molar refractivity (Wildman–Crippen MR) is 70.6 cm³/mol. The quantitative estimate of drug-likeness (QED) is 0.643. The van der Waals surface area contributed by atoms with Gasteiger partial charge in [0.05, 0.1) is 0 Å². The van der Waals surface area contributed by atoms with Gasteiger partial charge < -0.3 is 5.73 Å². The van der Waals surface area contributed by atoms with Gasteiger partial charge in [-0.3, -0.25) is 10.1 Å². The van der Waals surface area contributed by atoms with Gasteiger partial charge in [-0.25, -0.2) is 9.97 Å². The maximum absolute atomic E-state index is 11.9. The number of nitrogens with one attached hydrogen (secondary N) is 1. The number of anilines is 2. The third kappa shape index (κ3) is 2.75. The number of nitrogens with zero attached hydrogens (tertiary/aromatic N) is 2. The zero-order chi connectivity index (χ0) is 13.1. The molecule has 5 nitrogen and oxygen atoms in total. The van der Waals surface area contributed by atoms with Gasteiger partial charge in [0.2, 0.25) is 5.95 Å².